The van der Waals surface area contributed by atoms with Gasteiger partial charge in [-0.3, -0.25) is 4.79 Å². The number of hydrogen-bond donors (Lipinski definition) is 1. The first-order chi connectivity index (χ1) is 9.87. The summed E-state index contributed by atoms with van der Waals surface area (Å²) in [5.41, 5.74) is 1.72. The zero-order valence-corrected chi connectivity index (χ0v) is 11.1. The number of alkyl halides is 3. The van der Waals surface area contributed by atoms with Gasteiger partial charge in [0.25, 0.3) is 0 Å². The third-order valence-electron chi connectivity index (χ3n) is 2.72. The maximum Gasteiger partial charge on any atom is 0.405 e. The summed E-state index contributed by atoms with van der Waals surface area (Å²) in [7, 11) is 0. The van der Waals surface area contributed by atoms with Gasteiger partial charge >= 0.3 is 6.18 Å². The lowest BCUT2D eigenvalue weighted by molar-refractivity contribution is -0.115. The molecule has 1 heterocycles. The van der Waals surface area contributed by atoms with Gasteiger partial charge < -0.3 is 5.32 Å². The maximum absolute atomic E-state index is 12.1. The highest BCUT2D eigenvalue weighted by molar-refractivity contribution is 6.00. The third kappa shape index (κ3) is 4.01. The highest BCUT2D eigenvalue weighted by Crippen LogP contribution is 2.23. The van der Waals surface area contributed by atoms with Crippen LogP contribution in [0.3, 0.4) is 0 Å². The smallest absolute Gasteiger partial charge is 0.345 e. The van der Waals surface area contributed by atoms with Gasteiger partial charge in [0.1, 0.15) is 6.54 Å². The van der Waals surface area contributed by atoms with Gasteiger partial charge in [0, 0.05) is 23.5 Å². The molecule has 0 amide bonds. The lowest BCUT2D eigenvalue weighted by Gasteiger charge is -2.09. The summed E-state index contributed by atoms with van der Waals surface area (Å²) in [5, 5.41) is 2.09. The SMILES string of the molecule is CC(=O)c1ccccc1-c1cnc(NCC(F)(F)F)nc1. The Morgan fingerprint density at radius 3 is 2.38 bits per heavy atom. The number of aromatic nitrogens is 2. The lowest BCUT2D eigenvalue weighted by atomic mass is 10.00. The van der Waals surface area contributed by atoms with Crippen LogP contribution in [0.4, 0.5) is 19.1 Å². The Bertz CT molecular complexity index is 639. The van der Waals surface area contributed by atoms with Crippen molar-refractivity contribution in [1.29, 1.82) is 0 Å². The van der Waals surface area contributed by atoms with Gasteiger partial charge in [-0.15, -0.1) is 0 Å². The first-order valence-corrected chi connectivity index (χ1v) is 6.10. The fraction of sp³-hybridized carbons (Fsp3) is 0.214. The van der Waals surface area contributed by atoms with Gasteiger partial charge in [0.2, 0.25) is 5.95 Å². The average Bonchev–Trinajstić information content (AvgIpc) is 2.45. The number of carbonyl (C=O) groups is 1. The molecule has 7 heteroatoms. The van der Waals surface area contributed by atoms with Crippen LogP contribution >= 0.6 is 0 Å². The first kappa shape index (κ1) is 15.0. The number of carbonyl (C=O) groups excluding carboxylic acids is 1. The molecule has 0 unspecified atom stereocenters. The molecule has 0 bridgehead atoms. The summed E-state index contributed by atoms with van der Waals surface area (Å²) in [5.74, 6) is -0.221. The maximum atomic E-state index is 12.1. The van der Waals surface area contributed by atoms with Crippen LogP contribution in [0, 0.1) is 0 Å². The Hall–Kier alpha value is -2.44. The molecular formula is C14H12F3N3O. The van der Waals surface area contributed by atoms with Gasteiger partial charge in [-0.25, -0.2) is 9.97 Å². The van der Waals surface area contributed by atoms with E-state index in [4.69, 9.17) is 0 Å². The quantitative estimate of drug-likeness (QED) is 0.879. The molecule has 0 saturated heterocycles. The highest BCUT2D eigenvalue weighted by Gasteiger charge is 2.27. The summed E-state index contributed by atoms with van der Waals surface area (Å²) in [6.07, 6.45) is -1.57. The average molecular weight is 295 g/mol. The van der Waals surface area contributed by atoms with Crippen LogP contribution in [-0.4, -0.2) is 28.5 Å². The molecule has 0 aliphatic carbocycles. The van der Waals surface area contributed by atoms with E-state index in [2.05, 4.69) is 15.3 Å². The second-order valence-corrected chi connectivity index (χ2v) is 4.37. The summed E-state index contributed by atoms with van der Waals surface area (Å²) in [6, 6.07) is 6.91. The molecule has 110 valence electrons. The Labute approximate surface area is 119 Å². The van der Waals surface area contributed by atoms with E-state index >= 15 is 0 Å². The molecule has 1 aromatic heterocycles. The lowest BCUT2D eigenvalue weighted by Crippen LogP contribution is -2.22. The summed E-state index contributed by atoms with van der Waals surface area (Å²) in [6.45, 7) is 0.245. The number of hydrogen-bond acceptors (Lipinski definition) is 4. The van der Waals surface area contributed by atoms with Crippen molar-refractivity contribution in [3.63, 3.8) is 0 Å². The van der Waals surface area contributed by atoms with Crippen molar-refractivity contribution >= 4 is 11.7 Å². The van der Waals surface area contributed by atoms with Crippen LogP contribution in [0.1, 0.15) is 17.3 Å². The number of rotatable bonds is 4. The number of halogens is 3. The number of Topliss-reactive ketones (excluding diaryl/α,β-unsaturated/α-hetero) is 1. The zero-order chi connectivity index (χ0) is 15.5. The van der Waals surface area contributed by atoms with Crippen molar-refractivity contribution < 1.29 is 18.0 Å². The fourth-order valence-electron chi connectivity index (χ4n) is 1.78. The molecule has 0 aliphatic heterocycles. The number of benzene rings is 1. The molecule has 4 nitrogen and oxygen atoms in total. The van der Waals surface area contributed by atoms with Gasteiger partial charge in [0.05, 0.1) is 0 Å². The summed E-state index contributed by atoms with van der Waals surface area (Å²) < 4.78 is 36.2. The van der Waals surface area contributed by atoms with Gasteiger partial charge in [-0.05, 0) is 12.5 Å². The van der Waals surface area contributed by atoms with Crippen molar-refractivity contribution in [3.05, 3.63) is 42.2 Å². The second-order valence-electron chi connectivity index (χ2n) is 4.37. The highest BCUT2D eigenvalue weighted by atomic mass is 19.4. The van der Waals surface area contributed by atoms with Crippen molar-refractivity contribution in [2.24, 2.45) is 0 Å². The zero-order valence-electron chi connectivity index (χ0n) is 11.1. The van der Waals surface area contributed by atoms with Gasteiger partial charge in [0.15, 0.2) is 5.78 Å². The molecule has 0 atom stereocenters. The monoisotopic (exact) mass is 295 g/mol. The van der Waals surface area contributed by atoms with E-state index in [9.17, 15) is 18.0 Å². The molecule has 0 aliphatic rings. The molecule has 0 fully saturated rings. The van der Waals surface area contributed by atoms with Crippen LogP contribution in [0.2, 0.25) is 0 Å². The molecule has 0 saturated carbocycles. The third-order valence-corrected chi connectivity index (χ3v) is 2.72. The minimum atomic E-state index is -4.33. The fourth-order valence-corrected chi connectivity index (χ4v) is 1.78. The second kappa shape index (κ2) is 5.90. The number of nitrogens with zero attached hydrogens (tertiary/aromatic N) is 2. The Kier molecular flexibility index (Phi) is 4.21. The summed E-state index contributed by atoms with van der Waals surface area (Å²) in [4.78, 5) is 19.2. The standard InChI is InChI=1S/C14H12F3N3O/c1-9(21)11-4-2-3-5-12(11)10-6-18-13(19-7-10)20-8-14(15,16)17/h2-7H,8H2,1H3,(H,18,19,20). The summed E-state index contributed by atoms with van der Waals surface area (Å²) >= 11 is 0. The predicted octanol–water partition coefficient (Wildman–Crippen LogP) is 3.32. The van der Waals surface area contributed by atoms with Crippen molar-refractivity contribution in [2.45, 2.75) is 13.1 Å². The normalized spacial score (nSPS) is 11.2. The minimum absolute atomic E-state index is 0.107. The van der Waals surface area contributed by atoms with E-state index in [0.717, 1.165) is 0 Å². The van der Waals surface area contributed by atoms with Gasteiger partial charge in [-0.1, -0.05) is 24.3 Å². The van der Waals surface area contributed by atoms with Crippen LogP contribution in [-0.2, 0) is 0 Å². The van der Waals surface area contributed by atoms with Crippen LogP contribution in [0.5, 0.6) is 0 Å². The van der Waals surface area contributed by atoms with Crippen molar-refractivity contribution in [3.8, 4) is 11.1 Å². The Balaban J connectivity index is 2.22. The van der Waals surface area contributed by atoms with E-state index < -0.39 is 12.7 Å². The molecule has 21 heavy (non-hydrogen) atoms. The van der Waals surface area contributed by atoms with E-state index in [1.807, 2.05) is 0 Å². The van der Waals surface area contributed by atoms with Crippen LogP contribution < -0.4 is 5.32 Å². The predicted molar refractivity (Wildman–Crippen MR) is 72.0 cm³/mol. The molecule has 1 aromatic carbocycles. The van der Waals surface area contributed by atoms with E-state index in [0.29, 0.717) is 16.7 Å². The van der Waals surface area contributed by atoms with E-state index in [1.165, 1.54) is 19.3 Å². The van der Waals surface area contributed by atoms with E-state index in [1.54, 1.807) is 24.3 Å². The topological polar surface area (TPSA) is 54.9 Å². The Morgan fingerprint density at radius 1 is 1.19 bits per heavy atom. The van der Waals surface area contributed by atoms with Crippen molar-refractivity contribution in [2.75, 3.05) is 11.9 Å². The first-order valence-electron chi connectivity index (χ1n) is 6.10. The van der Waals surface area contributed by atoms with E-state index in [-0.39, 0.29) is 11.7 Å². The molecule has 0 radical (unpaired) electrons. The van der Waals surface area contributed by atoms with Crippen LogP contribution in [0.15, 0.2) is 36.7 Å². The Morgan fingerprint density at radius 2 is 1.81 bits per heavy atom. The molecular weight excluding hydrogens is 283 g/mol. The van der Waals surface area contributed by atoms with Crippen LogP contribution in [0.25, 0.3) is 11.1 Å². The minimum Gasteiger partial charge on any atom is -0.345 e. The molecule has 2 rings (SSSR count). The molecule has 0 spiro atoms. The largest absolute Gasteiger partial charge is 0.405 e. The van der Waals surface area contributed by atoms with Gasteiger partial charge in [-0.2, -0.15) is 13.2 Å². The molecule has 2 aromatic rings. The number of nitrogens with one attached hydrogen (secondary N) is 1. The number of ketones is 1. The van der Waals surface area contributed by atoms with Crippen molar-refractivity contribution in [1.82, 2.24) is 9.97 Å². The molecule has 1 N–H and O–H groups in total. The number of anilines is 1.